The van der Waals surface area contributed by atoms with Crippen LogP contribution in [-0.2, 0) is 6.42 Å². The molecule has 7 rings (SSSR count). The highest BCUT2D eigenvalue weighted by Gasteiger charge is 2.30. The third kappa shape index (κ3) is 3.94. The Bertz CT molecular complexity index is 1730. The van der Waals surface area contributed by atoms with Gasteiger partial charge >= 0.3 is 0 Å². The van der Waals surface area contributed by atoms with Gasteiger partial charge in [-0.25, -0.2) is 0 Å². The van der Waals surface area contributed by atoms with Crippen molar-refractivity contribution in [2.24, 2.45) is 5.41 Å². The van der Waals surface area contributed by atoms with E-state index in [0.29, 0.717) is 5.92 Å². The van der Waals surface area contributed by atoms with Crippen molar-refractivity contribution in [3.63, 3.8) is 0 Å². The summed E-state index contributed by atoms with van der Waals surface area (Å²) >= 11 is 0. The van der Waals surface area contributed by atoms with Crippen LogP contribution in [-0.4, -0.2) is 13.1 Å². The van der Waals surface area contributed by atoms with Crippen molar-refractivity contribution in [1.82, 2.24) is 4.98 Å². The predicted molar refractivity (Wildman–Crippen MR) is 168 cm³/mol. The van der Waals surface area contributed by atoms with E-state index < -0.39 is 8.07 Å². The second-order valence-electron chi connectivity index (χ2n) is 13.8. The number of rotatable bonds is 2. The van der Waals surface area contributed by atoms with E-state index in [0.717, 1.165) is 12.1 Å². The first-order valence-electron chi connectivity index (χ1n) is 14.3. The third-order valence-electron chi connectivity index (χ3n) is 9.08. The number of pyridine rings is 1. The molecule has 0 aliphatic carbocycles. The molecule has 3 heteroatoms. The lowest BCUT2D eigenvalue weighted by Gasteiger charge is -2.33. The van der Waals surface area contributed by atoms with Gasteiger partial charge < -0.3 is 5.32 Å². The smallest absolute Gasteiger partial charge is 0.0822 e. The predicted octanol–water partition coefficient (Wildman–Crippen LogP) is 10.4. The summed E-state index contributed by atoms with van der Waals surface area (Å²) in [6.45, 7) is 12.1. The number of nitrogens with one attached hydrogen (secondary N) is 1. The summed E-state index contributed by atoms with van der Waals surface area (Å²) in [7, 11) is -0.962. The Morgan fingerprint density at radius 1 is 0.868 bits per heavy atom. The Hall–Kier alpha value is -3.17. The molecule has 2 aliphatic heterocycles. The van der Waals surface area contributed by atoms with Crippen LogP contribution in [0.3, 0.4) is 0 Å². The molecule has 0 saturated carbocycles. The normalized spacial score (nSPS) is 17.1. The SMILES string of the molecule is CC(C)(C)Cc1c2c(cc3ccccc13)-c1nccc3c1c(cc1cc(C4CC[Si](C)(C)CC4)ccc13)N2. The zero-order valence-electron chi connectivity index (χ0n) is 23.4. The standard InChI is InChI=1S/C35H38N2Si/c1-35(2,3)21-30-26-9-7-6-8-24(26)19-29-33(30)37-31-20-25-18-23(22-13-16-38(4,5)17-14-22)10-11-27(25)28-12-15-36-34(29)32(28)31/h6-12,15,18-20,22,37H,13-14,16-17,21H2,1-5H3. The summed E-state index contributed by atoms with van der Waals surface area (Å²) in [5.41, 5.74) is 7.87. The number of aromatic nitrogens is 1. The number of fused-ring (bicyclic) bond motifs is 5. The van der Waals surface area contributed by atoms with Gasteiger partial charge in [0.15, 0.2) is 0 Å². The number of hydrogen-bond donors (Lipinski definition) is 1. The summed E-state index contributed by atoms with van der Waals surface area (Å²) < 4.78 is 0. The van der Waals surface area contributed by atoms with E-state index >= 15 is 0 Å². The average molecular weight is 515 g/mol. The molecule has 1 N–H and O–H groups in total. The van der Waals surface area contributed by atoms with Crippen molar-refractivity contribution in [1.29, 1.82) is 0 Å². The number of benzene rings is 4. The van der Waals surface area contributed by atoms with Crippen molar-refractivity contribution < 1.29 is 0 Å². The van der Waals surface area contributed by atoms with E-state index in [4.69, 9.17) is 4.98 Å². The molecular weight excluding hydrogens is 476 g/mol. The number of anilines is 2. The molecule has 4 aromatic carbocycles. The third-order valence-corrected chi connectivity index (χ3v) is 12.4. The molecule has 192 valence electrons. The molecule has 38 heavy (non-hydrogen) atoms. The van der Waals surface area contributed by atoms with Crippen molar-refractivity contribution in [2.45, 2.75) is 71.1 Å². The molecule has 2 nitrogen and oxygen atoms in total. The fourth-order valence-corrected chi connectivity index (χ4v) is 9.53. The van der Waals surface area contributed by atoms with Crippen LogP contribution in [0.2, 0.25) is 25.2 Å². The maximum absolute atomic E-state index is 5.00. The van der Waals surface area contributed by atoms with E-state index in [9.17, 15) is 0 Å². The lowest BCUT2D eigenvalue weighted by Crippen LogP contribution is -2.30. The Morgan fingerprint density at radius 2 is 1.66 bits per heavy atom. The molecule has 0 spiro atoms. The quantitative estimate of drug-likeness (QED) is 0.184. The molecule has 1 fully saturated rings. The highest BCUT2D eigenvalue weighted by molar-refractivity contribution is 6.77. The summed E-state index contributed by atoms with van der Waals surface area (Å²) in [5, 5.41) is 11.8. The average Bonchev–Trinajstić information content (AvgIpc) is 2.88. The molecular formula is C35H38N2Si. The van der Waals surface area contributed by atoms with Gasteiger partial charge in [0, 0.05) is 30.9 Å². The number of nitrogens with zero attached hydrogens (tertiary/aromatic N) is 1. The first-order valence-corrected chi connectivity index (χ1v) is 17.8. The minimum absolute atomic E-state index is 0.176. The lowest BCUT2D eigenvalue weighted by molar-refractivity contribution is 0.413. The van der Waals surface area contributed by atoms with Gasteiger partial charge in [0.25, 0.3) is 0 Å². The lowest BCUT2D eigenvalue weighted by atomic mass is 9.82. The van der Waals surface area contributed by atoms with Crippen LogP contribution in [0.1, 0.15) is 50.7 Å². The first-order chi connectivity index (χ1) is 18.2. The minimum atomic E-state index is -0.962. The molecule has 0 atom stereocenters. The van der Waals surface area contributed by atoms with E-state index in [1.165, 1.54) is 85.3 Å². The van der Waals surface area contributed by atoms with Crippen LogP contribution in [0, 0.1) is 5.41 Å². The fourth-order valence-electron chi connectivity index (χ4n) is 7.02. The Balaban J connectivity index is 1.43. The van der Waals surface area contributed by atoms with Crippen LogP contribution in [0.4, 0.5) is 11.4 Å². The van der Waals surface area contributed by atoms with Gasteiger partial charge in [-0.2, -0.15) is 0 Å². The molecule has 0 amide bonds. The zero-order valence-corrected chi connectivity index (χ0v) is 24.4. The molecule has 0 radical (unpaired) electrons. The molecule has 3 heterocycles. The van der Waals surface area contributed by atoms with Gasteiger partial charge in [-0.05, 0) is 86.9 Å². The highest BCUT2D eigenvalue weighted by Crippen LogP contribution is 2.49. The zero-order chi connectivity index (χ0) is 26.2. The molecule has 1 aromatic heterocycles. The van der Waals surface area contributed by atoms with Gasteiger partial charge in [-0.3, -0.25) is 4.98 Å². The topological polar surface area (TPSA) is 24.9 Å². The van der Waals surface area contributed by atoms with Crippen LogP contribution in [0.25, 0.3) is 43.6 Å². The van der Waals surface area contributed by atoms with Gasteiger partial charge in [0.2, 0.25) is 0 Å². The van der Waals surface area contributed by atoms with Crippen LogP contribution in [0.15, 0.2) is 66.9 Å². The van der Waals surface area contributed by atoms with E-state index in [1.807, 2.05) is 6.20 Å². The maximum Gasteiger partial charge on any atom is 0.0822 e. The van der Waals surface area contributed by atoms with Crippen molar-refractivity contribution in [3.8, 4) is 11.3 Å². The Morgan fingerprint density at radius 3 is 2.45 bits per heavy atom. The van der Waals surface area contributed by atoms with Crippen molar-refractivity contribution in [2.75, 3.05) is 5.32 Å². The molecule has 1 saturated heterocycles. The van der Waals surface area contributed by atoms with Crippen LogP contribution in [0.5, 0.6) is 0 Å². The Labute approximate surface area is 227 Å². The second-order valence-corrected chi connectivity index (χ2v) is 19.1. The first kappa shape index (κ1) is 23.9. The van der Waals surface area contributed by atoms with Gasteiger partial charge in [0.1, 0.15) is 0 Å². The number of hydrogen-bond acceptors (Lipinski definition) is 2. The Kier molecular flexibility index (Phi) is 5.29. The van der Waals surface area contributed by atoms with E-state index in [1.54, 1.807) is 0 Å². The van der Waals surface area contributed by atoms with Crippen LogP contribution >= 0.6 is 0 Å². The summed E-state index contributed by atoms with van der Waals surface area (Å²) in [5.74, 6) is 0.707. The molecule has 0 unspecified atom stereocenters. The van der Waals surface area contributed by atoms with Gasteiger partial charge in [0.05, 0.1) is 11.4 Å². The van der Waals surface area contributed by atoms with Crippen molar-refractivity contribution >= 4 is 51.8 Å². The van der Waals surface area contributed by atoms with E-state index in [-0.39, 0.29) is 5.41 Å². The van der Waals surface area contributed by atoms with Gasteiger partial charge in [-0.1, -0.05) is 88.4 Å². The molecule has 5 aromatic rings. The highest BCUT2D eigenvalue weighted by atomic mass is 28.3. The monoisotopic (exact) mass is 514 g/mol. The summed E-state index contributed by atoms with van der Waals surface area (Å²) in [6, 6.07) is 26.0. The fraction of sp³-hybridized carbons (Fsp3) is 0.343. The summed E-state index contributed by atoms with van der Waals surface area (Å²) in [6.07, 6.45) is 5.73. The van der Waals surface area contributed by atoms with Crippen LogP contribution < -0.4 is 5.32 Å². The molecule has 2 aliphatic rings. The largest absolute Gasteiger partial charge is 0.354 e. The maximum atomic E-state index is 5.00. The summed E-state index contributed by atoms with van der Waals surface area (Å²) in [4.78, 5) is 5.00. The van der Waals surface area contributed by atoms with E-state index in [2.05, 4.69) is 99.8 Å². The molecule has 0 bridgehead atoms. The minimum Gasteiger partial charge on any atom is -0.354 e. The van der Waals surface area contributed by atoms with Crippen molar-refractivity contribution in [3.05, 3.63) is 78.0 Å². The van der Waals surface area contributed by atoms with Gasteiger partial charge in [-0.15, -0.1) is 0 Å². The second kappa shape index (κ2) is 8.41.